The SMILES string of the molecule is CCCCCCCCCCC1=C(OCCCCCCCC)O1. The van der Waals surface area contributed by atoms with E-state index in [1.807, 2.05) is 0 Å². The van der Waals surface area contributed by atoms with Gasteiger partial charge in [-0.05, 0) is 12.8 Å². The molecule has 0 bridgehead atoms. The molecule has 0 N–H and O–H groups in total. The maximum atomic E-state index is 5.65. The number of hydrogen-bond donors (Lipinski definition) is 0. The first kappa shape index (κ1) is 19.4. The van der Waals surface area contributed by atoms with Gasteiger partial charge >= 0.3 is 5.95 Å². The van der Waals surface area contributed by atoms with Gasteiger partial charge in [0.1, 0.15) is 0 Å². The third kappa shape index (κ3) is 11.0. The van der Waals surface area contributed by atoms with E-state index < -0.39 is 0 Å². The Labute approximate surface area is 138 Å². The molecule has 0 saturated carbocycles. The summed E-state index contributed by atoms with van der Waals surface area (Å²) < 4.78 is 11.1. The monoisotopic (exact) mass is 310 g/mol. The number of ether oxygens (including phenoxy) is 2. The van der Waals surface area contributed by atoms with E-state index in [9.17, 15) is 0 Å². The second-order valence-electron chi connectivity index (χ2n) is 6.65. The lowest BCUT2D eigenvalue weighted by molar-refractivity contribution is 0.148. The van der Waals surface area contributed by atoms with Crippen molar-refractivity contribution in [3.05, 3.63) is 11.7 Å². The molecule has 0 aromatic rings. The molecule has 0 spiro atoms. The fraction of sp³-hybridized carbons (Fsp3) is 0.900. The maximum absolute atomic E-state index is 5.65. The van der Waals surface area contributed by atoms with Crippen LogP contribution in [-0.4, -0.2) is 6.61 Å². The molecule has 0 aromatic carbocycles. The summed E-state index contributed by atoms with van der Waals surface area (Å²) in [5.41, 5.74) is 0. The van der Waals surface area contributed by atoms with Gasteiger partial charge in [-0.15, -0.1) is 0 Å². The molecule has 2 nitrogen and oxygen atoms in total. The highest BCUT2D eigenvalue weighted by molar-refractivity contribution is 5.10. The Balaban J connectivity index is 1.80. The van der Waals surface area contributed by atoms with Crippen molar-refractivity contribution in [1.82, 2.24) is 0 Å². The Kier molecular flexibility index (Phi) is 12.3. The van der Waals surface area contributed by atoms with Crippen molar-refractivity contribution in [3.63, 3.8) is 0 Å². The number of hydrogen-bond acceptors (Lipinski definition) is 2. The van der Waals surface area contributed by atoms with E-state index in [0.29, 0.717) is 0 Å². The van der Waals surface area contributed by atoms with Crippen molar-refractivity contribution in [2.75, 3.05) is 6.61 Å². The van der Waals surface area contributed by atoms with Crippen LogP contribution < -0.4 is 0 Å². The second-order valence-corrected chi connectivity index (χ2v) is 6.65. The van der Waals surface area contributed by atoms with Gasteiger partial charge in [0.15, 0.2) is 5.76 Å². The first-order valence-electron chi connectivity index (χ1n) is 9.92. The van der Waals surface area contributed by atoms with E-state index in [0.717, 1.165) is 24.7 Å². The third-order valence-corrected chi connectivity index (χ3v) is 4.39. The van der Waals surface area contributed by atoms with E-state index in [-0.39, 0.29) is 0 Å². The fourth-order valence-electron chi connectivity index (χ4n) is 2.82. The number of rotatable bonds is 17. The highest BCUT2D eigenvalue weighted by atomic mass is 16.7. The lowest BCUT2D eigenvalue weighted by atomic mass is 10.1. The smallest absolute Gasteiger partial charge is 0.325 e. The molecule has 2 heteroatoms. The zero-order chi connectivity index (χ0) is 15.9. The second kappa shape index (κ2) is 14.0. The molecule has 0 saturated heterocycles. The molecule has 0 amide bonds. The number of allylic oxidation sites excluding steroid dienone is 1. The summed E-state index contributed by atoms with van der Waals surface area (Å²) in [5, 5.41) is 0. The van der Waals surface area contributed by atoms with Crippen LogP contribution in [0.15, 0.2) is 11.7 Å². The Morgan fingerprint density at radius 1 is 0.636 bits per heavy atom. The van der Waals surface area contributed by atoms with Crippen molar-refractivity contribution >= 4 is 0 Å². The minimum Gasteiger partial charge on any atom is -0.463 e. The Hall–Kier alpha value is -0.660. The predicted molar refractivity (Wildman–Crippen MR) is 94.7 cm³/mol. The minimum atomic E-state index is 0.836. The summed E-state index contributed by atoms with van der Waals surface area (Å²) in [6, 6.07) is 0. The molecular formula is C20H38O2. The molecular weight excluding hydrogens is 272 g/mol. The van der Waals surface area contributed by atoms with Gasteiger partial charge < -0.3 is 9.47 Å². The quantitative estimate of drug-likeness (QED) is 0.267. The summed E-state index contributed by atoms with van der Waals surface area (Å²) in [7, 11) is 0. The first-order chi connectivity index (χ1) is 10.9. The summed E-state index contributed by atoms with van der Waals surface area (Å²) in [4.78, 5) is 0. The molecule has 1 rings (SSSR count). The van der Waals surface area contributed by atoms with Crippen LogP contribution in [0.25, 0.3) is 0 Å². The Bertz CT molecular complexity index is 283. The molecule has 130 valence electrons. The molecule has 0 aliphatic carbocycles. The normalized spacial score (nSPS) is 13.4. The molecule has 1 aliphatic heterocycles. The Morgan fingerprint density at radius 3 is 1.73 bits per heavy atom. The predicted octanol–water partition coefficient (Wildman–Crippen LogP) is 7.09. The summed E-state index contributed by atoms with van der Waals surface area (Å²) in [6.07, 6.45) is 19.9. The third-order valence-electron chi connectivity index (χ3n) is 4.39. The zero-order valence-corrected chi connectivity index (χ0v) is 15.1. The average Bonchev–Trinajstić information content (AvgIpc) is 3.27. The molecule has 0 fully saturated rings. The van der Waals surface area contributed by atoms with Gasteiger partial charge in [-0.3, -0.25) is 0 Å². The molecule has 0 aromatic heterocycles. The summed E-state index contributed by atoms with van der Waals surface area (Å²) in [5.74, 6) is 1.97. The highest BCUT2D eigenvalue weighted by Gasteiger charge is 2.26. The Morgan fingerprint density at radius 2 is 1.14 bits per heavy atom. The van der Waals surface area contributed by atoms with Gasteiger partial charge in [0.05, 0.1) is 6.61 Å². The van der Waals surface area contributed by atoms with Crippen molar-refractivity contribution in [2.45, 2.75) is 110 Å². The van der Waals surface area contributed by atoms with Gasteiger partial charge in [-0.25, -0.2) is 0 Å². The van der Waals surface area contributed by atoms with Crippen LogP contribution in [0, 0.1) is 0 Å². The van der Waals surface area contributed by atoms with E-state index in [1.165, 1.54) is 89.9 Å². The molecule has 0 radical (unpaired) electrons. The minimum absolute atomic E-state index is 0.836. The van der Waals surface area contributed by atoms with Gasteiger partial charge in [0.25, 0.3) is 0 Å². The van der Waals surface area contributed by atoms with Crippen molar-refractivity contribution in [3.8, 4) is 0 Å². The van der Waals surface area contributed by atoms with Crippen LogP contribution in [0.2, 0.25) is 0 Å². The molecule has 1 heterocycles. The van der Waals surface area contributed by atoms with Crippen LogP contribution in [0.3, 0.4) is 0 Å². The molecule has 0 unspecified atom stereocenters. The van der Waals surface area contributed by atoms with Crippen molar-refractivity contribution in [2.24, 2.45) is 0 Å². The fourth-order valence-corrected chi connectivity index (χ4v) is 2.82. The van der Waals surface area contributed by atoms with Crippen LogP contribution >= 0.6 is 0 Å². The molecule has 0 atom stereocenters. The van der Waals surface area contributed by atoms with Gasteiger partial charge in [0.2, 0.25) is 0 Å². The zero-order valence-electron chi connectivity index (χ0n) is 15.1. The first-order valence-corrected chi connectivity index (χ1v) is 9.92. The van der Waals surface area contributed by atoms with Crippen molar-refractivity contribution in [1.29, 1.82) is 0 Å². The van der Waals surface area contributed by atoms with Crippen molar-refractivity contribution < 1.29 is 9.47 Å². The van der Waals surface area contributed by atoms with E-state index in [1.54, 1.807) is 0 Å². The lowest BCUT2D eigenvalue weighted by Crippen LogP contribution is -1.89. The average molecular weight is 311 g/mol. The van der Waals surface area contributed by atoms with Crippen LogP contribution in [0.4, 0.5) is 0 Å². The van der Waals surface area contributed by atoms with Gasteiger partial charge in [0, 0.05) is 6.42 Å². The van der Waals surface area contributed by atoms with Crippen LogP contribution in [-0.2, 0) is 9.47 Å². The lowest BCUT2D eigenvalue weighted by Gasteiger charge is -2.00. The highest BCUT2D eigenvalue weighted by Crippen LogP contribution is 2.32. The topological polar surface area (TPSA) is 21.8 Å². The van der Waals surface area contributed by atoms with E-state index in [4.69, 9.17) is 9.47 Å². The standard InChI is InChI=1S/C20H38O2/c1-3-5-7-9-11-12-13-15-17-19-20(22-19)21-18-16-14-10-8-6-4-2/h3-18H2,1-2H3. The van der Waals surface area contributed by atoms with Crippen LogP contribution in [0.1, 0.15) is 110 Å². The largest absolute Gasteiger partial charge is 0.463 e. The maximum Gasteiger partial charge on any atom is 0.325 e. The van der Waals surface area contributed by atoms with E-state index >= 15 is 0 Å². The molecule has 1 aliphatic rings. The van der Waals surface area contributed by atoms with E-state index in [2.05, 4.69) is 13.8 Å². The van der Waals surface area contributed by atoms with Gasteiger partial charge in [-0.2, -0.15) is 0 Å². The summed E-state index contributed by atoms with van der Waals surface area (Å²) >= 11 is 0. The molecule has 22 heavy (non-hydrogen) atoms. The summed E-state index contributed by atoms with van der Waals surface area (Å²) in [6.45, 7) is 5.37. The van der Waals surface area contributed by atoms with Crippen LogP contribution in [0.5, 0.6) is 0 Å². The van der Waals surface area contributed by atoms with Gasteiger partial charge in [-0.1, -0.05) is 90.9 Å². The number of unbranched alkanes of at least 4 members (excludes halogenated alkanes) is 12.